The van der Waals surface area contributed by atoms with Crippen molar-refractivity contribution in [2.75, 3.05) is 10.6 Å². The van der Waals surface area contributed by atoms with Crippen molar-refractivity contribution in [1.29, 1.82) is 0 Å². The number of nitrogens with two attached hydrogens (primary N) is 1. The lowest BCUT2D eigenvalue weighted by molar-refractivity contribution is 0.249. The van der Waals surface area contributed by atoms with E-state index in [0.717, 1.165) is 22.0 Å². The van der Waals surface area contributed by atoms with Gasteiger partial charge in [-0.3, -0.25) is 0 Å². The summed E-state index contributed by atoms with van der Waals surface area (Å²) in [6.07, 6.45) is 0. The number of carbonyl (C=O) groups is 2. The maximum absolute atomic E-state index is 12.4. The van der Waals surface area contributed by atoms with E-state index in [1.165, 1.54) is 0 Å². The first-order valence-electron chi connectivity index (χ1n) is 8.24. The van der Waals surface area contributed by atoms with E-state index in [-0.39, 0.29) is 12.1 Å². The van der Waals surface area contributed by atoms with Gasteiger partial charge < -0.3 is 21.7 Å². The molecule has 0 bridgehead atoms. The van der Waals surface area contributed by atoms with Gasteiger partial charge in [-0.05, 0) is 36.1 Å². The molecule has 6 heteroatoms. The number of anilines is 2. The van der Waals surface area contributed by atoms with Gasteiger partial charge in [0.1, 0.15) is 0 Å². The fourth-order valence-corrected chi connectivity index (χ4v) is 2.77. The average Bonchev–Trinajstić information content (AvgIpc) is 2.62. The summed E-state index contributed by atoms with van der Waals surface area (Å²) in [6.45, 7) is 1.89. The number of benzene rings is 3. The van der Waals surface area contributed by atoms with Crippen molar-refractivity contribution in [2.45, 2.75) is 13.0 Å². The van der Waals surface area contributed by atoms with Crippen molar-refractivity contribution < 1.29 is 9.59 Å². The van der Waals surface area contributed by atoms with Crippen molar-refractivity contribution in [2.24, 2.45) is 5.73 Å². The van der Waals surface area contributed by atoms with E-state index in [2.05, 4.69) is 16.0 Å². The van der Waals surface area contributed by atoms with Crippen LogP contribution in [0.3, 0.4) is 0 Å². The second-order valence-electron chi connectivity index (χ2n) is 5.96. The van der Waals surface area contributed by atoms with Gasteiger partial charge in [0.15, 0.2) is 0 Å². The number of rotatable bonds is 4. The molecule has 0 radical (unpaired) electrons. The van der Waals surface area contributed by atoms with Crippen LogP contribution < -0.4 is 21.7 Å². The molecule has 132 valence electrons. The van der Waals surface area contributed by atoms with Crippen LogP contribution in [0.1, 0.15) is 18.5 Å². The molecule has 0 saturated carbocycles. The van der Waals surface area contributed by atoms with Crippen LogP contribution in [0.4, 0.5) is 21.0 Å². The Bertz CT molecular complexity index is 933. The molecule has 0 aliphatic heterocycles. The Morgan fingerprint density at radius 2 is 1.58 bits per heavy atom. The molecule has 0 heterocycles. The van der Waals surface area contributed by atoms with Gasteiger partial charge in [0.25, 0.3) is 0 Å². The normalized spacial score (nSPS) is 11.6. The molecule has 3 aromatic carbocycles. The number of hydrogen-bond donors (Lipinski definition) is 4. The van der Waals surface area contributed by atoms with Gasteiger partial charge >= 0.3 is 12.1 Å². The molecule has 0 aromatic heterocycles. The van der Waals surface area contributed by atoms with Gasteiger partial charge in [0, 0.05) is 11.1 Å². The summed E-state index contributed by atoms with van der Waals surface area (Å²) in [5.74, 6) is 0. The van der Waals surface area contributed by atoms with E-state index < -0.39 is 6.03 Å². The molecule has 5 N–H and O–H groups in total. The minimum atomic E-state index is -0.613. The molecular formula is C20H20N4O2. The molecule has 0 spiro atoms. The zero-order chi connectivity index (χ0) is 18.5. The van der Waals surface area contributed by atoms with E-state index in [4.69, 9.17) is 5.73 Å². The summed E-state index contributed by atoms with van der Waals surface area (Å²) < 4.78 is 0. The number of amides is 4. The lowest BCUT2D eigenvalue weighted by atomic mass is 10.1. The Labute approximate surface area is 151 Å². The Morgan fingerprint density at radius 3 is 2.31 bits per heavy atom. The number of primary amides is 1. The SMILES string of the molecule is CC(NC(=O)Nc1cccc2ccccc12)c1ccc(NC(N)=O)cc1. The first-order chi connectivity index (χ1) is 12.5. The predicted molar refractivity (Wildman–Crippen MR) is 104 cm³/mol. The van der Waals surface area contributed by atoms with Gasteiger partial charge in [-0.15, -0.1) is 0 Å². The Morgan fingerprint density at radius 1 is 0.885 bits per heavy atom. The molecule has 0 fully saturated rings. The van der Waals surface area contributed by atoms with Crippen molar-refractivity contribution >= 4 is 34.2 Å². The van der Waals surface area contributed by atoms with Crippen LogP contribution in [0, 0.1) is 0 Å². The van der Waals surface area contributed by atoms with Crippen LogP contribution >= 0.6 is 0 Å². The quantitative estimate of drug-likeness (QED) is 0.568. The van der Waals surface area contributed by atoms with Gasteiger partial charge in [-0.25, -0.2) is 9.59 Å². The maximum Gasteiger partial charge on any atom is 0.319 e. The van der Waals surface area contributed by atoms with Crippen LogP contribution in [0.5, 0.6) is 0 Å². The lowest BCUT2D eigenvalue weighted by Crippen LogP contribution is -2.31. The lowest BCUT2D eigenvalue weighted by Gasteiger charge is -2.16. The second-order valence-corrected chi connectivity index (χ2v) is 5.96. The van der Waals surface area contributed by atoms with Crippen LogP contribution in [0.25, 0.3) is 10.8 Å². The van der Waals surface area contributed by atoms with Crippen molar-refractivity contribution in [1.82, 2.24) is 5.32 Å². The highest BCUT2D eigenvalue weighted by molar-refractivity contribution is 6.01. The molecule has 0 aliphatic rings. The zero-order valence-corrected chi connectivity index (χ0v) is 14.3. The smallest absolute Gasteiger partial charge is 0.319 e. The minimum absolute atomic E-state index is 0.201. The maximum atomic E-state index is 12.4. The van der Waals surface area contributed by atoms with Crippen LogP contribution in [0.2, 0.25) is 0 Å². The van der Waals surface area contributed by atoms with Crippen LogP contribution in [0.15, 0.2) is 66.7 Å². The van der Waals surface area contributed by atoms with E-state index in [1.807, 2.05) is 61.5 Å². The highest BCUT2D eigenvalue weighted by Gasteiger charge is 2.11. The monoisotopic (exact) mass is 348 g/mol. The summed E-state index contributed by atoms with van der Waals surface area (Å²) in [7, 11) is 0. The Balaban J connectivity index is 1.66. The highest BCUT2D eigenvalue weighted by atomic mass is 16.2. The number of fused-ring (bicyclic) bond motifs is 1. The fourth-order valence-electron chi connectivity index (χ4n) is 2.77. The molecule has 26 heavy (non-hydrogen) atoms. The van der Waals surface area contributed by atoms with Crippen molar-refractivity contribution in [3.05, 3.63) is 72.3 Å². The van der Waals surface area contributed by atoms with Crippen LogP contribution in [-0.2, 0) is 0 Å². The van der Waals surface area contributed by atoms with Gasteiger partial charge in [-0.2, -0.15) is 0 Å². The van der Waals surface area contributed by atoms with Gasteiger partial charge in [0.2, 0.25) is 0 Å². The zero-order valence-electron chi connectivity index (χ0n) is 14.3. The molecule has 6 nitrogen and oxygen atoms in total. The standard InChI is InChI=1S/C20H20N4O2/c1-13(14-9-11-16(12-10-14)23-19(21)25)22-20(26)24-18-8-4-6-15-5-2-3-7-17(15)18/h2-13H,1H3,(H3,21,23,25)(H2,22,24,26). The summed E-state index contributed by atoms with van der Waals surface area (Å²) in [5.41, 5.74) is 7.36. The molecule has 3 rings (SSSR count). The van der Waals surface area contributed by atoms with E-state index in [0.29, 0.717) is 5.69 Å². The highest BCUT2D eigenvalue weighted by Crippen LogP contribution is 2.23. The average molecular weight is 348 g/mol. The van der Waals surface area contributed by atoms with Crippen molar-refractivity contribution in [3.8, 4) is 0 Å². The largest absolute Gasteiger partial charge is 0.351 e. The number of hydrogen-bond acceptors (Lipinski definition) is 2. The third-order valence-electron chi connectivity index (χ3n) is 4.06. The third-order valence-corrected chi connectivity index (χ3v) is 4.06. The molecule has 3 aromatic rings. The van der Waals surface area contributed by atoms with E-state index in [1.54, 1.807) is 12.1 Å². The second kappa shape index (κ2) is 7.57. The topological polar surface area (TPSA) is 96.2 Å². The molecule has 1 atom stereocenters. The minimum Gasteiger partial charge on any atom is -0.351 e. The molecule has 1 unspecified atom stereocenters. The summed E-state index contributed by atoms with van der Waals surface area (Å²) in [4.78, 5) is 23.2. The van der Waals surface area contributed by atoms with E-state index >= 15 is 0 Å². The summed E-state index contributed by atoms with van der Waals surface area (Å²) >= 11 is 0. The molecule has 0 aliphatic carbocycles. The molecule has 4 amide bonds. The van der Waals surface area contributed by atoms with E-state index in [9.17, 15) is 9.59 Å². The van der Waals surface area contributed by atoms with Crippen LogP contribution in [-0.4, -0.2) is 12.1 Å². The Hall–Kier alpha value is -3.54. The first-order valence-corrected chi connectivity index (χ1v) is 8.24. The third kappa shape index (κ3) is 4.10. The van der Waals surface area contributed by atoms with Crippen molar-refractivity contribution in [3.63, 3.8) is 0 Å². The number of urea groups is 2. The van der Waals surface area contributed by atoms with Gasteiger partial charge in [-0.1, -0.05) is 48.5 Å². The fraction of sp³-hybridized carbons (Fsp3) is 0.100. The predicted octanol–water partition coefficient (Wildman–Crippen LogP) is 4.21. The summed E-state index contributed by atoms with van der Waals surface area (Å²) in [5, 5.41) is 10.4. The first kappa shape index (κ1) is 17.3. The molecular weight excluding hydrogens is 328 g/mol. The Kier molecular flexibility index (Phi) is 5.03. The number of nitrogens with one attached hydrogen (secondary N) is 3. The van der Waals surface area contributed by atoms with Gasteiger partial charge in [0.05, 0.1) is 11.7 Å². The number of carbonyl (C=O) groups excluding carboxylic acids is 2. The molecule has 0 saturated heterocycles. The summed E-state index contributed by atoms with van der Waals surface area (Å²) in [6, 6.07) is 19.7.